The normalized spacial score (nSPS) is 16.8. The van der Waals surface area contributed by atoms with Crippen LogP contribution in [0.3, 0.4) is 0 Å². The van der Waals surface area contributed by atoms with Gasteiger partial charge in [-0.1, -0.05) is 38.1 Å². The van der Waals surface area contributed by atoms with Gasteiger partial charge in [0, 0.05) is 12.1 Å². The number of benzene rings is 1. The maximum Gasteiger partial charge on any atom is 0.270 e. The van der Waals surface area contributed by atoms with Crippen molar-refractivity contribution in [3.8, 4) is 0 Å². The molecule has 0 fully saturated rings. The molecule has 0 spiro atoms. The van der Waals surface area contributed by atoms with Gasteiger partial charge >= 0.3 is 0 Å². The van der Waals surface area contributed by atoms with Crippen molar-refractivity contribution in [2.24, 2.45) is 0 Å². The predicted molar refractivity (Wildman–Crippen MR) is 81.1 cm³/mol. The summed E-state index contributed by atoms with van der Waals surface area (Å²) in [6.45, 7) is 4.04. The van der Waals surface area contributed by atoms with E-state index in [4.69, 9.17) is 0 Å². The Labute approximate surface area is 124 Å². The SMILES string of the molecule is CC(C)c1nccc(C(=O)N[C@H]2CCc3ccccc32)n1. The van der Waals surface area contributed by atoms with E-state index >= 15 is 0 Å². The summed E-state index contributed by atoms with van der Waals surface area (Å²) in [6.07, 6.45) is 3.62. The summed E-state index contributed by atoms with van der Waals surface area (Å²) < 4.78 is 0. The van der Waals surface area contributed by atoms with Crippen molar-refractivity contribution in [2.45, 2.75) is 38.6 Å². The van der Waals surface area contributed by atoms with E-state index < -0.39 is 0 Å². The first-order valence-corrected chi connectivity index (χ1v) is 7.37. The Hall–Kier alpha value is -2.23. The molecule has 0 bridgehead atoms. The van der Waals surface area contributed by atoms with E-state index in [0.29, 0.717) is 11.5 Å². The van der Waals surface area contributed by atoms with E-state index in [2.05, 4.69) is 27.4 Å². The number of hydrogen-bond donors (Lipinski definition) is 1. The Kier molecular flexibility index (Phi) is 3.69. The van der Waals surface area contributed by atoms with Gasteiger partial charge < -0.3 is 5.32 Å². The fourth-order valence-electron chi connectivity index (χ4n) is 2.72. The minimum atomic E-state index is -0.124. The van der Waals surface area contributed by atoms with E-state index in [9.17, 15) is 4.79 Å². The molecule has 3 rings (SSSR count). The fourth-order valence-corrected chi connectivity index (χ4v) is 2.72. The van der Waals surface area contributed by atoms with Gasteiger partial charge in [-0.25, -0.2) is 9.97 Å². The Morgan fingerprint density at radius 1 is 1.29 bits per heavy atom. The molecule has 1 aliphatic carbocycles. The van der Waals surface area contributed by atoms with E-state index in [0.717, 1.165) is 12.8 Å². The number of aromatic nitrogens is 2. The average molecular weight is 281 g/mol. The molecule has 0 saturated heterocycles. The molecule has 1 N–H and O–H groups in total. The van der Waals surface area contributed by atoms with Gasteiger partial charge in [0.05, 0.1) is 6.04 Å². The maximum absolute atomic E-state index is 12.4. The summed E-state index contributed by atoms with van der Waals surface area (Å²) in [4.78, 5) is 20.9. The topological polar surface area (TPSA) is 54.9 Å². The lowest BCUT2D eigenvalue weighted by molar-refractivity contribution is 0.0931. The van der Waals surface area contributed by atoms with Crippen LogP contribution in [0.15, 0.2) is 36.5 Å². The Balaban J connectivity index is 1.77. The quantitative estimate of drug-likeness (QED) is 0.941. The number of carbonyl (C=O) groups is 1. The standard InChI is InChI=1S/C17H19N3O/c1-11(2)16-18-10-9-15(19-16)17(21)20-14-8-7-12-5-3-4-6-13(12)14/h3-6,9-11,14H,7-8H2,1-2H3,(H,20,21)/t14-/m0/s1. The molecule has 108 valence electrons. The van der Waals surface area contributed by atoms with Gasteiger partial charge in [-0.2, -0.15) is 0 Å². The number of fused-ring (bicyclic) bond motifs is 1. The zero-order valence-electron chi connectivity index (χ0n) is 12.3. The lowest BCUT2D eigenvalue weighted by Gasteiger charge is -2.14. The molecule has 0 saturated carbocycles. The number of rotatable bonds is 3. The van der Waals surface area contributed by atoms with Crippen molar-refractivity contribution < 1.29 is 4.79 Å². The van der Waals surface area contributed by atoms with Crippen LogP contribution in [0.4, 0.5) is 0 Å². The molecule has 0 radical (unpaired) electrons. The summed E-state index contributed by atoms with van der Waals surface area (Å²) in [6, 6.07) is 10.0. The van der Waals surface area contributed by atoms with Crippen molar-refractivity contribution in [2.75, 3.05) is 0 Å². The molecule has 1 amide bonds. The number of nitrogens with one attached hydrogen (secondary N) is 1. The second-order valence-electron chi connectivity index (χ2n) is 5.72. The number of carbonyl (C=O) groups excluding carboxylic acids is 1. The first kappa shape index (κ1) is 13.7. The van der Waals surface area contributed by atoms with Gasteiger partial charge in [-0.05, 0) is 30.0 Å². The van der Waals surface area contributed by atoms with Crippen LogP contribution in [-0.2, 0) is 6.42 Å². The Morgan fingerprint density at radius 2 is 2.10 bits per heavy atom. The van der Waals surface area contributed by atoms with E-state index in [1.165, 1.54) is 11.1 Å². The molecule has 1 aromatic heterocycles. The highest BCUT2D eigenvalue weighted by molar-refractivity contribution is 5.92. The van der Waals surface area contributed by atoms with Gasteiger partial charge in [0.1, 0.15) is 11.5 Å². The fraction of sp³-hybridized carbons (Fsp3) is 0.353. The van der Waals surface area contributed by atoms with Crippen LogP contribution in [0.2, 0.25) is 0 Å². The van der Waals surface area contributed by atoms with Gasteiger partial charge in [0.25, 0.3) is 5.91 Å². The zero-order chi connectivity index (χ0) is 14.8. The van der Waals surface area contributed by atoms with Crippen molar-refractivity contribution in [1.82, 2.24) is 15.3 Å². The third kappa shape index (κ3) is 2.79. The smallest absolute Gasteiger partial charge is 0.270 e. The molecule has 4 nitrogen and oxygen atoms in total. The largest absolute Gasteiger partial charge is 0.344 e. The highest BCUT2D eigenvalue weighted by Crippen LogP contribution is 2.30. The van der Waals surface area contributed by atoms with E-state index in [-0.39, 0.29) is 17.9 Å². The van der Waals surface area contributed by atoms with Crippen molar-refractivity contribution in [3.63, 3.8) is 0 Å². The molecule has 0 unspecified atom stereocenters. The van der Waals surface area contributed by atoms with Gasteiger partial charge in [0.15, 0.2) is 0 Å². The number of amides is 1. The number of nitrogens with zero attached hydrogens (tertiary/aromatic N) is 2. The zero-order valence-corrected chi connectivity index (χ0v) is 12.3. The molecule has 1 atom stereocenters. The van der Waals surface area contributed by atoms with Crippen LogP contribution in [0.25, 0.3) is 0 Å². The Morgan fingerprint density at radius 3 is 2.90 bits per heavy atom. The molecule has 4 heteroatoms. The summed E-state index contributed by atoms with van der Waals surface area (Å²) in [5, 5.41) is 3.09. The van der Waals surface area contributed by atoms with Crippen LogP contribution in [-0.4, -0.2) is 15.9 Å². The minimum Gasteiger partial charge on any atom is -0.344 e. The summed E-state index contributed by atoms with van der Waals surface area (Å²) in [5.41, 5.74) is 3.00. The molecule has 1 aliphatic rings. The van der Waals surface area contributed by atoms with Crippen molar-refractivity contribution >= 4 is 5.91 Å². The number of hydrogen-bond acceptors (Lipinski definition) is 3. The maximum atomic E-state index is 12.4. The van der Waals surface area contributed by atoms with Crippen LogP contribution in [0, 0.1) is 0 Å². The monoisotopic (exact) mass is 281 g/mol. The summed E-state index contributed by atoms with van der Waals surface area (Å²) in [7, 11) is 0. The highest BCUT2D eigenvalue weighted by atomic mass is 16.1. The van der Waals surface area contributed by atoms with Gasteiger partial charge in [-0.15, -0.1) is 0 Å². The number of aryl methyl sites for hydroxylation is 1. The first-order chi connectivity index (χ1) is 10.1. The molecule has 0 aliphatic heterocycles. The van der Waals surface area contributed by atoms with Gasteiger partial charge in [-0.3, -0.25) is 4.79 Å². The predicted octanol–water partition coefficient (Wildman–Crippen LogP) is 3.02. The van der Waals surface area contributed by atoms with Crippen LogP contribution in [0.5, 0.6) is 0 Å². The molecule has 1 heterocycles. The minimum absolute atomic E-state index is 0.0890. The molecule has 21 heavy (non-hydrogen) atoms. The lowest BCUT2D eigenvalue weighted by atomic mass is 10.1. The second-order valence-corrected chi connectivity index (χ2v) is 5.72. The Bertz CT molecular complexity index is 667. The molecule has 1 aromatic carbocycles. The third-order valence-corrected chi connectivity index (χ3v) is 3.86. The summed E-state index contributed by atoms with van der Waals surface area (Å²) in [5.74, 6) is 0.792. The van der Waals surface area contributed by atoms with E-state index in [1.54, 1.807) is 12.3 Å². The molecule has 2 aromatic rings. The van der Waals surface area contributed by atoms with Crippen LogP contribution < -0.4 is 5.32 Å². The average Bonchev–Trinajstić information content (AvgIpc) is 2.91. The first-order valence-electron chi connectivity index (χ1n) is 7.37. The molecular formula is C17H19N3O. The lowest BCUT2D eigenvalue weighted by Crippen LogP contribution is -2.28. The van der Waals surface area contributed by atoms with Crippen LogP contribution in [0.1, 0.15) is 59.7 Å². The highest BCUT2D eigenvalue weighted by Gasteiger charge is 2.24. The van der Waals surface area contributed by atoms with Crippen molar-refractivity contribution in [3.05, 3.63) is 59.2 Å². The molecular weight excluding hydrogens is 262 g/mol. The van der Waals surface area contributed by atoms with E-state index in [1.807, 2.05) is 26.0 Å². The third-order valence-electron chi connectivity index (χ3n) is 3.86. The summed E-state index contributed by atoms with van der Waals surface area (Å²) >= 11 is 0. The van der Waals surface area contributed by atoms with Crippen LogP contribution >= 0.6 is 0 Å². The van der Waals surface area contributed by atoms with Crippen molar-refractivity contribution in [1.29, 1.82) is 0 Å². The van der Waals surface area contributed by atoms with Gasteiger partial charge in [0.2, 0.25) is 0 Å². The second kappa shape index (κ2) is 5.64.